The predicted molar refractivity (Wildman–Crippen MR) is 131 cm³/mol. The lowest BCUT2D eigenvalue weighted by molar-refractivity contribution is -0.0227. The van der Waals surface area contributed by atoms with Crippen molar-refractivity contribution in [2.75, 3.05) is 24.5 Å². The molecule has 1 spiro atoms. The van der Waals surface area contributed by atoms with Crippen LogP contribution in [0.1, 0.15) is 85.8 Å². The summed E-state index contributed by atoms with van der Waals surface area (Å²) >= 11 is 0. The van der Waals surface area contributed by atoms with E-state index < -0.39 is 0 Å². The van der Waals surface area contributed by atoms with E-state index in [0.717, 1.165) is 24.8 Å². The minimum atomic E-state index is -0.327. The lowest BCUT2D eigenvalue weighted by Gasteiger charge is -2.56. The summed E-state index contributed by atoms with van der Waals surface area (Å²) in [6, 6.07) is 18.3. The van der Waals surface area contributed by atoms with Crippen molar-refractivity contribution in [3.63, 3.8) is 0 Å². The van der Waals surface area contributed by atoms with E-state index in [0.29, 0.717) is 22.9 Å². The molecule has 4 heteroatoms. The van der Waals surface area contributed by atoms with Crippen molar-refractivity contribution in [1.82, 2.24) is 4.90 Å². The Kier molecular flexibility index (Phi) is 5.75. The number of hydrogen-bond acceptors (Lipinski definition) is 3. The Morgan fingerprint density at radius 1 is 1.00 bits per heavy atom. The molecule has 2 heterocycles. The van der Waals surface area contributed by atoms with Gasteiger partial charge in [0, 0.05) is 30.9 Å². The van der Waals surface area contributed by atoms with E-state index in [9.17, 15) is 4.79 Å². The zero-order valence-electron chi connectivity index (χ0n) is 19.6. The first-order chi connectivity index (χ1) is 15.5. The third-order valence-electron chi connectivity index (χ3n) is 8.41. The molecular formula is C28H37N3O. The van der Waals surface area contributed by atoms with Crippen LogP contribution in [0.3, 0.4) is 0 Å². The van der Waals surface area contributed by atoms with E-state index in [4.69, 9.17) is 5.73 Å². The van der Waals surface area contributed by atoms with E-state index in [1.54, 1.807) is 5.56 Å². The number of anilines is 1. The molecule has 5 rings (SSSR count). The number of nitrogens with zero attached hydrogens (tertiary/aromatic N) is 2. The zero-order valence-corrected chi connectivity index (χ0v) is 19.6. The van der Waals surface area contributed by atoms with Crippen molar-refractivity contribution in [2.24, 2.45) is 11.1 Å². The Hall–Kier alpha value is -2.33. The molecule has 32 heavy (non-hydrogen) atoms. The molecule has 3 fully saturated rings. The molecule has 0 unspecified atom stereocenters. The smallest absolute Gasteiger partial charge is 0.250 e. The van der Waals surface area contributed by atoms with Crippen LogP contribution in [0.5, 0.6) is 0 Å². The van der Waals surface area contributed by atoms with Gasteiger partial charge in [0.2, 0.25) is 0 Å². The molecule has 2 aromatic carbocycles. The Morgan fingerprint density at radius 3 is 2.41 bits per heavy atom. The first kappa shape index (κ1) is 21.5. The van der Waals surface area contributed by atoms with Crippen LogP contribution in [-0.2, 0) is 0 Å². The van der Waals surface area contributed by atoms with Crippen LogP contribution in [0.25, 0.3) is 0 Å². The number of nitrogens with two attached hydrogens (primary N) is 1. The Labute approximate surface area is 192 Å². The van der Waals surface area contributed by atoms with Crippen LogP contribution in [0.2, 0.25) is 0 Å². The number of amides is 1. The van der Waals surface area contributed by atoms with Crippen molar-refractivity contribution in [2.45, 2.75) is 70.4 Å². The SMILES string of the molecule is CC(C)c1ccccc1[C@@H]1CCCN1C1CC2(CCN(c3ccccc3C(N)=O)CC2)C1. The molecule has 1 amide bonds. The van der Waals surface area contributed by atoms with Crippen molar-refractivity contribution < 1.29 is 4.79 Å². The highest BCUT2D eigenvalue weighted by Crippen LogP contribution is 2.54. The molecule has 2 aromatic rings. The van der Waals surface area contributed by atoms with Gasteiger partial charge in [-0.25, -0.2) is 0 Å². The fourth-order valence-electron chi connectivity index (χ4n) is 6.66. The number of carbonyl (C=O) groups excluding carboxylic acids is 1. The maximum atomic E-state index is 11.9. The van der Waals surface area contributed by atoms with Crippen LogP contribution in [-0.4, -0.2) is 36.5 Å². The summed E-state index contributed by atoms with van der Waals surface area (Å²) in [6.07, 6.45) is 7.72. The van der Waals surface area contributed by atoms with Crippen LogP contribution in [0.15, 0.2) is 48.5 Å². The van der Waals surface area contributed by atoms with Gasteiger partial charge in [-0.1, -0.05) is 50.2 Å². The molecule has 170 valence electrons. The minimum absolute atomic E-state index is 0.327. The highest BCUT2D eigenvalue weighted by molar-refractivity contribution is 5.98. The average molecular weight is 432 g/mol. The molecule has 3 aliphatic rings. The van der Waals surface area contributed by atoms with Gasteiger partial charge in [-0.05, 0) is 79.7 Å². The number of carbonyl (C=O) groups is 1. The van der Waals surface area contributed by atoms with Gasteiger partial charge in [0.05, 0.1) is 5.56 Å². The molecule has 2 aliphatic heterocycles. The summed E-state index contributed by atoms with van der Waals surface area (Å²) < 4.78 is 0. The third-order valence-corrected chi connectivity index (χ3v) is 8.41. The van der Waals surface area contributed by atoms with Crippen LogP contribution < -0.4 is 10.6 Å². The molecule has 1 aliphatic carbocycles. The van der Waals surface area contributed by atoms with Gasteiger partial charge in [0.1, 0.15) is 0 Å². The molecule has 0 aromatic heterocycles. The topological polar surface area (TPSA) is 49.6 Å². The zero-order chi connectivity index (χ0) is 22.3. The van der Waals surface area contributed by atoms with Gasteiger partial charge < -0.3 is 10.6 Å². The largest absolute Gasteiger partial charge is 0.371 e. The van der Waals surface area contributed by atoms with Gasteiger partial charge in [-0.2, -0.15) is 0 Å². The van der Waals surface area contributed by atoms with E-state index >= 15 is 0 Å². The number of para-hydroxylation sites is 1. The molecule has 0 radical (unpaired) electrons. The third kappa shape index (κ3) is 3.83. The molecule has 1 saturated carbocycles. The quantitative estimate of drug-likeness (QED) is 0.680. The normalized spacial score (nSPS) is 23.6. The number of hydrogen-bond donors (Lipinski definition) is 1. The minimum Gasteiger partial charge on any atom is -0.371 e. The van der Waals surface area contributed by atoms with Gasteiger partial charge in [0.25, 0.3) is 5.91 Å². The second-order valence-corrected chi connectivity index (χ2v) is 10.6. The Bertz CT molecular complexity index is 968. The summed E-state index contributed by atoms with van der Waals surface area (Å²) in [4.78, 5) is 17.1. The number of likely N-dealkylation sites (tertiary alicyclic amines) is 1. The number of primary amides is 1. The Morgan fingerprint density at radius 2 is 1.69 bits per heavy atom. The molecule has 2 N–H and O–H groups in total. The second kappa shape index (κ2) is 8.55. The van der Waals surface area contributed by atoms with Crippen LogP contribution in [0, 0.1) is 5.41 Å². The lowest BCUT2D eigenvalue weighted by atomic mass is 9.59. The number of rotatable bonds is 5. The first-order valence-corrected chi connectivity index (χ1v) is 12.5. The molecular weight excluding hydrogens is 394 g/mol. The van der Waals surface area contributed by atoms with Gasteiger partial charge in [0.15, 0.2) is 0 Å². The van der Waals surface area contributed by atoms with Crippen LogP contribution >= 0.6 is 0 Å². The van der Waals surface area contributed by atoms with Gasteiger partial charge in [-0.15, -0.1) is 0 Å². The first-order valence-electron chi connectivity index (χ1n) is 12.5. The van der Waals surface area contributed by atoms with Crippen LogP contribution in [0.4, 0.5) is 5.69 Å². The average Bonchev–Trinajstić information content (AvgIpc) is 3.27. The molecule has 2 saturated heterocycles. The fraction of sp³-hybridized carbons (Fsp3) is 0.536. The second-order valence-electron chi connectivity index (χ2n) is 10.6. The predicted octanol–water partition coefficient (Wildman–Crippen LogP) is 5.50. The van der Waals surface area contributed by atoms with Crippen molar-refractivity contribution in [3.05, 3.63) is 65.2 Å². The van der Waals surface area contributed by atoms with Crippen molar-refractivity contribution in [3.8, 4) is 0 Å². The van der Waals surface area contributed by atoms with Crippen molar-refractivity contribution >= 4 is 11.6 Å². The lowest BCUT2D eigenvalue weighted by Crippen LogP contribution is -2.55. The molecule has 4 nitrogen and oxygen atoms in total. The maximum absolute atomic E-state index is 11.9. The highest BCUT2D eigenvalue weighted by Gasteiger charge is 2.50. The van der Waals surface area contributed by atoms with Crippen molar-refractivity contribution in [1.29, 1.82) is 0 Å². The molecule has 0 bridgehead atoms. The van der Waals surface area contributed by atoms with Gasteiger partial charge in [-0.3, -0.25) is 9.69 Å². The maximum Gasteiger partial charge on any atom is 0.250 e. The van der Waals surface area contributed by atoms with E-state index in [1.165, 1.54) is 50.6 Å². The van der Waals surface area contributed by atoms with E-state index in [1.807, 2.05) is 24.3 Å². The number of piperidine rings is 1. The number of benzene rings is 2. The van der Waals surface area contributed by atoms with Gasteiger partial charge >= 0.3 is 0 Å². The standard InChI is InChI=1S/C28H37N3O/c1-20(2)22-8-3-4-9-23(22)26-12-7-15-31(26)21-18-28(19-21)13-16-30(17-14-28)25-11-6-5-10-24(25)27(29)32/h3-6,8-11,20-21,26H,7,12-19H2,1-2H3,(H2,29,32)/t26-/m0/s1. The fourth-order valence-corrected chi connectivity index (χ4v) is 6.66. The molecule has 1 atom stereocenters. The summed E-state index contributed by atoms with van der Waals surface area (Å²) in [5.74, 6) is 0.250. The van der Waals surface area contributed by atoms with E-state index in [2.05, 4.69) is 47.9 Å². The monoisotopic (exact) mass is 431 g/mol. The summed E-state index contributed by atoms with van der Waals surface area (Å²) in [5.41, 5.74) is 10.9. The summed E-state index contributed by atoms with van der Waals surface area (Å²) in [6.45, 7) is 7.93. The van der Waals surface area contributed by atoms with E-state index in [-0.39, 0.29) is 5.91 Å². The summed E-state index contributed by atoms with van der Waals surface area (Å²) in [7, 11) is 0. The summed E-state index contributed by atoms with van der Waals surface area (Å²) in [5, 5.41) is 0. The Balaban J connectivity index is 1.24. The highest BCUT2D eigenvalue weighted by atomic mass is 16.1.